The fourth-order valence-corrected chi connectivity index (χ4v) is 2.24. The van der Waals surface area contributed by atoms with Crippen LogP contribution in [0.3, 0.4) is 0 Å². The van der Waals surface area contributed by atoms with Crippen LogP contribution in [0.25, 0.3) is 11.1 Å². The molecule has 136 valence electrons. The lowest BCUT2D eigenvalue weighted by atomic mass is 10.0. The van der Waals surface area contributed by atoms with Crippen LogP contribution in [0.1, 0.15) is 17.8 Å². The van der Waals surface area contributed by atoms with Crippen LogP contribution < -0.4 is 19.5 Å². The molecule has 0 fully saturated rings. The van der Waals surface area contributed by atoms with Gasteiger partial charge in [-0.2, -0.15) is 0 Å². The third-order valence-corrected chi connectivity index (χ3v) is 3.40. The van der Waals surface area contributed by atoms with E-state index in [1.807, 2.05) is 0 Å². The minimum Gasteiger partial charge on any atom is -0.493 e. The molecule has 0 bridgehead atoms. The highest BCUT2D eigenvalue weighted by Crippen LogP contribution is 2.41. The summed E-state index contributed by atoms with van der Waals surface area (Å²) in [4.78, 5) is 16.1. The molecule has 25 heavy (non-hydrogen) atoms. The van der Waals surface area contributed by atoms with Gasteiger partial charge in [0, 0.05) is 24.5 Å². The second kappa shape index (κ2) is 9.48. The summed E-state index contributed by atoms with van der Waals surface area (Å²) in [6.07, 6.45) is 3.11. The van der Waals surface area contributed by atoms with Crippen LogP contribution in [-0.4, -0.2) is 50.5 Å². The first kappa shape index (κ1) is 20.2. The van der Waals surface area contributed by atoms with Gasteiger partial charge in [0.15, 0.2) is 11.5 Å². The number of carbonyl (C=O) groups is 1. The summed E-state index contributed by atoms with van der Waals surface area (Å²) in [6, 6.07) is 5.28. The molecule has 0 aliphatic rings. The van der Waals surface area contributed by atoms with Crippen molar-refractivity contribution in [1.82, 2.24) is 10.3 Å². The van der Waals surface area contributed by atoms with E-state index in [0.717, 1.165) is 11.1 Å². The molecule has 2 aromatic rings. The number of hydrogen-bond acceptors (Lipinski definition) is 6. The number of nitrogens with one attached hydrogen (secondary N) is 1. The smallest absolute Gasteiger partial charge is 0.252 e. The molecule has 0 spiro atoms. The molecule has 0 aliphatic heterocycles. The summed E-state index contributed by atoms with van der Waals surface area (Å²) in [6.45, 7) is 0.0684. The monoisotopic (exact) mass is 348 g/mol. The minimum absolute atomic E-state index is 0. The zero-order chi connectivity index (χ0) is 17.5. The SMILES string of the molecule is C.COc1cc(-c2cncc(C(=O)NCCO)c2)cc(OC)c1OC. The van der Waals surface area contributed by atoms with Gasteiger partial charge in [0.2, 0.25) is 5.75 Å². The number of methoxy groups -OCH3 is 3. The normalized spacial score (nSPS) is 9.76. The van der Waals surface area contributed by atoms with Crippen LogP contribution in [-0.2, 0) is 0 Å². The van der Waals surface area contributed by atoms with Gasteiger partial charge in [0.25, 0.3) is 5.91 Å². The Hall–Kier alpha value is -2.80. The van der Waals surface area contributed by atoms with Crippen molar-refractivity contribution in [2.24, 2.45) is 0 Å². The van der Waals surface area contributed by atoms with Crippen molar-refractivity contribution in [2.75, 3.05) is 34.5 Å². The van der Waals surface area contributed by atoms with Crippen molar-refractivity contribution in [3.8, 4) is 28.4 Å². The van der Waals surface area contributed by atoms with Gasteiger partial charge in [-0.05, 0) is 23.8 Å². The van der Waals surface area contributed by atoms with E-state index in [2.05, 4.69) is 10.3 Å². The molecule has 2 N–H and O–H groups in total. The Kier molecular flexibility index (Phi) is 7.68. The fraction of sp³-hybridized carbons (Fsp3) is 0.333. The van der Waals surface area contributed by atoms with Crippen molar-refractivity contribution in [3.05, 3.63) is 36.2 Å². The summed E-state index contributed by atoms with van der Waals surface area (Å²) in [5.74, 6) is 1.23. The summed E-state index contributed by atoms with van der Waals surface area (Å²) in [7, 11) is 4.61. The van der Waals surface area contributed by atoms with E-state index in [0.29, 0.717) is 22.8 Å². The molecule has 1 heterocycles. The quantitative estimate of drug-likeness (QED) is 0.797. The fourth-order valence-electron chi connectivity index (χ4n) is 2.24. The van der Waals surface area contributed by atoms with Gasteiger partial charge >= 0.3 is 0 Å². The van der Waals surface area contributed by atoms with Gasteiger partial charge in [0.05, 0.1) is 33.5 Å². The van der Waals surface area contributed by atoms with Crippen LogP contribution in [0.4, 0.5) is 0 Å². The van der Waals surface area contributed by atoms with Crippen LogP contribution >= 0.6 is 0 Å². The Morgan fingerprint density at radius 2 is 1.68 bits per heavy atom. The predicted octanol–water partition coefficient (Wildman–Crippen LogP) is 2.13. The van der Waals surface area contributed by atoms with E-state index < -0.39 is 0 Å². The first-order valence-corrected chi connectivity index (χ1v) is 7.29. The van der Waals surface area contributed by atoms with E-state index in [1.165, 1.54) is 27.5 Å². The molecule has 0 saturated heterocycles. The van der Waals surface area contributed by atoms with Crippen molar-refractivity contribution < 1.29 is 24.1 Å². The molecule has 2 rings (SSSR count). The van der Waals surface area contributed by atoms with Crippen molar-refractivity contribution in [1.29, 1.82) is 0 Å². The van der Waals surface area contributed by atoms with E-state index in [4.69, 9.17) is 19.3 Å². The van der Waals surface area contributed by atoms with E-state index in [-0.39, 0.29) is 26.5 Å². The first-order chi connectivity index (χ1) is 11.6. The molecular weight excluding hydrogens is 324 g/mol. The van der Waals surface area contributed by atoms with E-state index >= 15 is 0 Å². The van der Waals surface area contributed by atoms with Crippen molar-refractivity contribution in [2.45, 2.75) is 7.43 Å². The number of hydrogen-bond donors (Lipinski definition) is 2. The molecule has 1 amide bonds. The predicted molar refractivity (Wildman–Crippen MR) is 95.5 cm³/mol. The largest absolute Gasteiger partial charge is 0.493 e. The third-order valence-electron chi connectivity index (χ3n) is 3.40. The molecular formula is C18H24N2O5. The van der Waals surface area contributed by atoms with Gasteiger partial charge in [-0.1, -0.05) is 7.43 Å². The Morgan fingerprint density at radius 3 is 2.20 bits per heavy atom. The average Bonchev–Trinajstić information content (AvgIpc) is 2.64. The lowest BCUT2D eigenvalue weighted by Crippen LogP contribution is -2.26. The molecule has 0 saturated carbocycles. The number of pyridine rings is 1. The maximum absolute atomic E-state index is 12.0. The number of ether oxygens (including phenoxy) is 3. The highest BCUT2D eigenvalue weighted by Gasteiger charge is 2.15. The number of carbonyl (C=O) groups excluding carboxylic acids is 1. The zero-order valence-electron chi connectivity index (χ0n) is 13.8. The van der Waals surface area contributed by atoms with Gasteiger partial charge < -0.3 is 24.6 Å². The van der Waals surface area contributed by atoms with Crippen molar-refractivity contribution >= 4 is 5.91 Å². The molecule has 1 aromatic carbocycles. The number of benzene rings is 1. The average molecular weight is 348 g/mol. The summed E-state index contributed by atoms with van der Waals surface area (Å²) in [5, 5.41) is 11.4. The molecule has 7 nitrogen and oxygen atoms in total. The number of rotatable bonds is 7. The molecule has 0 atom stereocenters. The first-order valence-electron chi connectivity index (χ1n) is 7.29. The maximum atomic E-state index is 12.0. The molecule has 0 unspecified atom stereocenters. The van der Waals surface area contributed by atoms with Gasteiger partial charge in [-0.25, -0.2) is 0 Å². The Morgan fingerprint density at radius 1 is 1.04 bits per heavy atom. The maximum Gasteiger partial charge on any atom is 0.252 e. The van der Waals surface area contributed by atoms with Crippen LogP contribution in [0.5, 0.6) is 17.2 Å². The Balaban J connectivity index is 0.00000312. The number of aromatic nitrogens is 1. The number of nitrogens with zero attached hydrogens (tertiary/aromatic N) is 1. The summed E-state index contributed by atoms with van der Waals surface area (Å²) >= 11 is 0. The standard InChI is InChI=1S/C17H20N2O5.CH4/c1-22-14-7-11(8-15(23-2)16(14)24-3)12-6-13(10-18-9-12)17(21)19-4-5-20;/h6-10,20H,4-5H2,1-3H3,(H,19,21);1H4. The highest BCUT2D eigenvalue weighted by atomic mass is 16.5. The van der Waals surface area contributed by atoms with Crippen LogP contribution in [0.2, 0.25) is 0 Å². The number of aliphatic hydroxyl groups is 1. The van der Waals surface area contributed by atoms with Crippen LogP contribution in [0, 0.1) is 0 Å². The van der Waals surface area contributed by atoms with Gasteiger partial charge in [-0.3, -0.25) is 9.78 Å². The molecule has 0 radical (unpaired) electrons. The topological polar surface area (TPSA) is 89.9 Å². The van der Waals surface area contributed by atoms with Crippen molar-refractivity contribution in [3.63, 3.8) is 0 Å². The zero-order valence-corrected chi connectivity index (χ0v) is 13.8. The lowest BCUT2D eigenvalue weighted by Gasteiger charge is -2.14. The summed E-state index contributed by atoms with van der Waals surface area (Å²) < 4.78 is 16.0. The molecule has 0 aliphatic carbocycles. The molecule has 1 aromatic heterocycles. The third kappa shape index (κ3) is 4.60. The Bertz CT molecular complexity index is 693. The van der Waals surface area contributed by atoms with E-state index in [9.17, 15) is 4.79 Å². The van der Waals surface area contributed by atoms with Gasteiger partial charge in [0.1, 0.15) is 0 Å². The number of amides is 1. The highest BCUT2D eigenvalue weighted by molar-refractivity contribution is 5.95. The lowest BCUT2D eigenvalue weighted by molar-refractivity contribution is 0.0944. The van der Waals surface area contributed by atoms with Crippen LogP contribution in [0.15, 0.2) is 30.6 Å². The molecule has 7 heteroatoms. The van der Waals surface area contributed by atoms with E-state index in [1.54, 1.807) is 24.4 Å². The minimum atomic E-state index is -0.300. The summed E-state index contributed by atoms with van der Waals surface area (Å²) in [5.41, 5.74) is 1.90. The van der Waals surface area contributed by atoms with Gasteiger partial charge in [-0.15, -0.1) is 0 Å². The number of aliphatic hydroxyl groups excluding tert-OH is 1. The Labute approximate surface area is 147 Å². The second-order valence-electron chi connectivity index (χ2n) is 4.86. The second-order valence-corrected chi connectivity index (χ2v) is 4.86.